The van der Waals surface area contributed by atoms with Gasteiger partial charge in [0.15, 0.2) is 5.82 Å². The summed E-state index contributed by atoms with van der Waals surface area (Å²) < 4.78 is 15.4. The lowest BCUT2D eigenvalue weighted by Gasteiger charge is -2.09. The topological polar surface area (TPSA) is 70.5 Å². The fraction of sp³-hybridized carbons (Fsp3) is 0.211. The monoisotopic (exact) mass is 338 g/mol. The largest absolute Gasteiger partial charge is 0.497 e. The van der Waals surface area contributed by atoms with Gasteiger partial charge in [0, 0.05) is 11.8 Å². The highest BCUT2D eigenvalue weighted by molar-refractivity contribution is 5.92. The number of methoxy groups -OCH3 is 2. The number of carbonyl (C=O) groups is 1. The number of aromatic nitrogens is 2. The van der Waals surface area contributed by atoms with Crippen molar-refractivity contribution in [2.45, 2.75) is 6.92 Å². The van der Waals surface area contributed by atoms with Gasteiger partial charge in [-0.3, -0.25) is 0 Å². The summed E-state index contributed by atoms with van der Waals surface area (Å²) in [6, 6.07) is 11.7. The van der Waals surface area contributed by atoms with Crippen LogP contribution < -0.4 is 9.47 Å². The second-order valence-corrected chi connectivity index (χ2v) is 5.26. The molecule has 0 radical (unpaired) electrons. The van der Waals surface area contributed by atoms with E-state index in [1.54, 1.807) is 14.0 Å². The lowest BCUT2D eigenvalue weighted by atomic mass is 10.1. The molecule has 1 aromatic heterocycles. The molecule has 0 amide bonds. The predicted octanol–water partition coefficient (Wildman–Crippen LogP) is 3.49. The van der Waals surface area contributed by atoms with E-state index in [2.05, 4.69) is 9.97 Å². The summed E-state index contributed by atoms with van der Waals surface area (Å²) in [5.74, 6) is 0.967. The lowest BCUT2D eigenvalue weighted by Crippen LogP contribution is -2.09. The normalized spacial score (nSPS) is 10.5. The fourth-order valence-corrected chi connectivity index (χ4v) is 2.50. The minimum atomic E-state index is -0.503. The molecule has 0 spiro atoms. The number of esters is 1. The number of carbonyl (C=O) groups excluding carboxylic acids is 1. The number of benzene rings is 2. The summed E-state index contributed by atoms with van der Waals surface area (Å²) in [5.41, 5.74) is 1.03. The molecule has 0 saturated carbocycles. The Hall–Kier alpha value is -3.15. The Labute approximate surface area is 145 Å². The van der Waals surface area contributed by atoms with Crippen molar-refractivity contribution in [3.63, 3.8) is 0 Å². The second kappa shape index (κ2) is 7.17. The molecule has 25 heavy (non-hydrogen) atoms. The third-order valence-electron chi connectivity index (χ3n) is 3.75. The molecule has 0 aliphatic rings. The van der Waals surface area contributed by atoms with Gasteiger partial charge in [-0.05, 0) is 35.9 Å². The maximum absolute atomic E-state index is 11.9. The lowest BCUT2D eigenvalue weighted by molar-refractivity contribution is 0.0521. The first-order valence-corrected chi connectivity index (χ1v) is 7.82. The summed E-state index contributed by atoms with van der Waals surface area (Å²) in [6.45, 7) is 2.02. The van der Waals surface area contributed by atoms with Crippen molar-refractivity contribution in [1.82, 2.24) is 9.97 Å². The van der Waals surface area contributed by atoms with E-state index in [4.69, 9.17) is 14.2 Å². The predicted molar refractivity (Wildman–Crippen MR) is 94.0 cm³/mol. The maximum atomic E-state index is 11.9. The van der Waals surface area contributed by atoms with Crippen LogP contribution in [0.1, 0.15) is 17.3 Å². The quantitative estimate of drug-likeness (QED) is 0.663. The maximum Gasteiger partial charge on any atom is 0.345 e. The van der Waals surface area contributed by atoms with Crippen LogP contribution in [0.4, 0.5) is 0 Å². The van der Waals surface area contributed by atoms with E-state index in [0.29, 0.717) is 5.82 Å². The zero-order valence-corrected chi connectivity index (χ0v) is 14.3. The molecular formula is C19H18N2O4. The first kappa shape index (κ1) is 16.7. The first-order chi connectivity index (χ1) is 12.2. The highest BCUT2D eigenvalue weighted by atomic mass is 16.5. The third kappa shape index (κ3) is 3.38. The fourth-order valence-electron chi connectivity index (χ4n) is 2.50. The average Bonchev–Trinajstić information content (AvgIpc) is 2.66. The molecular weight excluding hydrogens is 320 g/mol. The number of rotatable bonds is 5. The number of fused-ring (bicyclic) bond motifs is 1. The van der Waals surface area contributed by atoms with Crippen molar-refractivity contribution in [3.8, 4) is 23.0 Å². The Bertz CT molecular complexity index is 924. The van der Waals surface area contributed by atoms with Crippen molar-refractivity contribution in [2.24, 2.45) is 0 Å². The van der Waals surface area contributed by atoms with Gasteiger partial charge in [-0.2, -0.15) is 4.98 Å². The van der Waals surface area contributed by atoms with E-state index in [-0.39, 0.29) is 18.1 Å². The molecule has 1 heterocycles. The Balaban J connectivity index is 2.01. The van der Waals surface area contributed by atoms with E-state index in [9.17, 15) is 4.79 Å². The highest BCUT2D eigenvalue weighted by Gasteiger charge is 2.17. The molecule has 128 valence electrons. The van der Waals surface area contributed by atoms with E-state index in [1.165, 1.54) is 13.3 Å². The SMILES string of the molecule is CCOC(=O)c1cnc(-c2ccc3cc(OC)ccc3c2)nc1OC. The van der Waals surface area contributed by atoms with Crippen molar-refractivity contribution < 1.29 is 19.0 Å². The standard InChI is InChI=1S/C19H18N2O4/c1-4-25-19(22)16-11-20-17(21-18(16)24-3)14-6-5-13-10-15(23-2)8-7-12(13)9-14/h5-11H,4H2,1-3H3. The van der Waals surface area contributed by atoms with E-state index in [1.807, 2.05) is 36.4 Å². The molecule has 3 aromatic rings. The van der Waals surface area contributed by atoms with E-state index in [0.717, 1.165) is 22.1 Å². The molecule has 0 fully saturated rings. The molecule has 0 aliphatic heterocycles. The smallest absolute Gasteiger partial charge is 0.345 e. The molecule has 0 aliphatic carbocycles. The van der Waals surface area contributed by atoms with Gasteiger partial charge in [0.25, 0.3) is 0 Å². The summed E-state index contributed by atoms with van der Waals surface area (Å²) in [7, 11) is 3.10. The van der Waals surface area contributed by atoms with Gasteiger partial charge in [0.2, 0.25) is 5.88 Å². The van der Waals surface area contributed by atoms with Crippen LogP contribution in [0.3, 0.4) is 0 Å². The Morgan fingerprint density at radius 2 is 1.80 bits per heavy atom. The van der Waals surface area contributed by atoms with Crippen LogP contribution in [0, 0.1) is 0 Å². The number of ether oxygens (including phenoxy) is 3. The highest BCUT2D eigenvalue weighted by Crippen LogP contribution is 2.27. The molecule has 0 atom stereocenters. The van der Waals surface area contributed by atoms with Gasteiger partial charge in [-0.25, -0.2) is 9.78 Å². The van der Waals surface area contributed by atoms with Gasteiger partial charge < -0.3 is 14.2 Å². The summed E-state index contributed by atoms with van der Waals surface area (Å²) in [5, 5.41) is 2.09. The molecule has 0 saturated heterocycles. The van der Waals surface area contributed by atoms with Crippen LogP contribution in [-0.4, -0.2) is 36.8 Å². The number of nitrogens with zero attached hydrogens (tertiary/aromatic N) is 2. The van der Waals surface area contributed by atoms with E-state index < -0.39 is 5.97 Å². The zero-order valence-electron chi connectivity index (χ0n) is 14.3. The summed E-state index contributed by atoms with van der Waals surface area (Å²) in [6.07, 6.45) is 1.43. The minimum Gasteiger partial charge on any atom is -0.497 e. The van der Waals surface area contributed by atoms with Crippen LogP contribution in [0.5, 0.6) is 11.6 Å². The van der Waals surface area contributed by atoms with Crippen molar-refractivity contribution in [2.75, 3.05) is 20.8 Å². The van der Waals surface area contributed by atoms with Crippen molar-refractivity contribution in [3.05, 3.63) is 48.2 Å². The second-order valence-electron chi connectivity index (χ2n) is 5.26. The minimum absolute atomic E-state index is 0.193. The van der Waals surface area contributed by atoms with Crippen molar-refractivity contribution in [1.29, 1.82) is 0 Å². The van der Waals surface area contributed by atoms with Crippen LogP contribution >= 0.6 is 0 Å². The van der Waals surface area contributed by atoms with Crippen LogP contribution in [0.15, 0.2) is 42.6 Å². The molecule has 6 nitrogen and oxygen atoms in total. The molecule has 6 heteroatoms. The zero-order chi connectivity index (χ0) is 17.8. The van der Waals surface area contributed by atoms with Gasteiger partial charge in [-0.1, -0.05) is 18.2 Å². The number of hydrogen-bond donors (Lipinski definition) is 0. The first-order valence-electron chi connectivity index (χ1n) is 7.82. The molecule has 0 N–H and O–H groups in total. The van der Waals surface area contributed by atoms with Gasteiger partial charge in [-0.15, -0.1) is 0 Å². The van der Waals surface area contributed by atoms with Crippen LogP contribution in [0.2, 0.25) is 0 Å². The average molecular weight is 338 g/mol. The Kier molecular flexibility index (Phi) is 4.79. The van der Waals surface area contributed by atoms with Crippen LogP contribution in [-0.2, 0) is 4.74 Å². The molecule has 3 rings (SSSR count). The van der Waals surface area contributed by atoms with Gasteiger partial charge in [0.1, 0.15) is 11.3 Å². The molecule has 2 aromatic carbocycles. The van der Waals surface area contributed by atoms with Crippen molar-refractivity contribution >= 4 is 16.7 Å². The van der Waals surface area contributed by atoms with Crippen LogP contribution in [0.25, 0.3) is 22.2 Å². The third-order valence-corrected chi connectivity index (χ3v) is 3.75. The van der Waals surface area contributed by atoms with Gasteiger partial charge >= 0.3 is 5.97 Å². The summed E-state index contributed by atoms with van der Waals surface area (Å²) in [4.78, 5) is 20.5. The van der Waals surface area contributed by atoms with Gasteiger partial charge in [0.05, 0.1) is 20.8 Å². The summed E-state index contributed by atoms with van der Waals surface area (Å²) >= 11 is 0. The number of hydrogen-bond acceptors (Lipinski definition) is 6. The molecule has 0 unspecified atom stereocenters. The van der Waals surface area contributed by atoms with E-state index >= 15 is 0 Å². The Morgan fingerprint density at radius 1 is 1.04 bits per heavy atom. The molecule has 0 bridgehead atoms. The Morgan fingerprint density at radius 3 is 2.52 bits per heavy atom.